The molecule has 0 aromatic heterocycles. The topological polar surface area (TPSA) is 58.5 Å². The highest BCUT2D eigenvalue weighted by Gasteiger charge is 2.01. The maximum atomic E-state index is 13.1. The van der Waals surface area contributed by atoms with E-state index in [4.69, 9.17) is 11.6 Å². The Balaban J connectivity index is 2.85. The molecule has 0 radical (unpaired) electrons. The van der Waals surface area contributed by atoms with E-state index in [1.807, 2.05) is 0 Å². The van der Waals surface area contributed by atoms with Crippen molar-refractivity contribution in [1.29, 1.82) is 0 Å². The number of nitrogens with zero attached hydrogens (tertiary/aromatic N) is 1. The molecule has 1 rings (SSSR count). The smallest absolute Gasteiger partial charge is 0.173 e. The average Bonchev–Trinajstić information content (AvgIpc) is 2.22. The third-order valence-electron chi connectivity index (χ3n) is 1.48. The van der Waals surface area contributed by atoms with Crippen LogP contribution in [0.4, 0.5) is 10.1 Å². The molecule has 0 aliphatic heterocycles. The van der Waals surface area contributed by atoms with Crippen LogP contribution in [0.2, 0.25) is 5.02 Å². The van der Waals surface area contributed by atoms with Gasteiger partial charge in [-0.2, -0.15) is 5.10 Å². The Kier molecular flexibility index (Phi) is 3.93. The van der Waals surface area contributed by atoms with Gasteiger partial charge in [0, 0.05) is 5.02 Å². The number of benzene rings is 1. The van der Waals surface area contributed by atoms with Gasteiger partial charge in [0.25, 0.3) is 0 Å². The van der Waals surface area contributed by atoms with Gasteiger partial charge in [-0.3, -0.25) is 15.0 Å². The summed E-state index contributed by atoms with van der Waals surface area (Å²) in [5.74, 6) is -0.623. The van der Waals surface area contributed by atoms with Crippen molar-refractivity contribution in [2.45, 2.75) is 0 Å². The molecule has 0 aliphatic carbocycles. The minimum absolute atomic E-state index is 0.0283. The highest BCUT2D eigenvalue weighted by atomic mass is 35.5. The lowest BCUT2D eigenvalue weighted by atomic mass is 10.3. The summed E-state index contributed by atoms with van der Waals surface area (Å²) in [6.07, 6.45) is 0.516. The second-order valence-corrected chi connectivity index (χ2v) is 2.94. The first kappa shape index (κ1) is 11.3. The summed E-state index contributed by atoms with van der Waals surface area (Å²) < 4.78 is 13.1. The van der Waals surface area contributed by atoms with Crippen LogP contribution in [0.25, 0.3) is 0 Å². The molecule has 0 heterocycles. The van der Waals surface area contributed by atoms with Crippen LogP contribution in [0, 0.1) is 5.82 Å². The lowest BCUT2D eigenvalue weighted by molar-refractivity contribution is -0.105. The summed E-state index contributed by atoms with van der Waals surface area (Å²) in [4.78, 5) is 20.4. The van der Waals surface area contributed by atoms with E-state index < -0.39 is 5.82 Å². The zero-order valence-corrected chi connectivity index (χ0v) is 8.16. The van der Waals surface area contributed by atoms with Crippen LogP contribution in [-0.2, 0) is 9.59 Å². The first-order chi connectivity index (χ1) is 7.17. The molecule has 0 amide bonds. The van der Waals surface area contributed by atoms with Crippen molar-refractivity contribution in [3.05, 3.63) is 29.0 Å². The van der Waals surface area contributed by atoms with Crippen molar-refractivity contribution in [3.63, 3.8) is 0 Å². The normalized spacial score (nSPS) is 9.20. The molecular weight excluding hydrogens is 223 g/mol. The second-order valence-electron chi connectivity index (χ2n) is 2.51. The Hall–Kier alpha value is -1.75. The lowest BCUT2D eigenvalue weighted by Gasteiger charge is -2.01. The van der Waals surface area contributed by atoms with Crippen molar-refractivity contribution in [2.24, 2.45) is 5.10 Å². The Bertz CT molecular complexity index is 411. The van der Waals surface area contributed by atoms with Crippen molar-refractivity contribution < 1.29 is 14.0 Å². The van der Waals surface area contributed by atoms with Crippen molar-refractivity contribution in [1.82, 2.24) is 0 Å². The first-order valence-electron chi connectivity index (χ1n) is 3.86. The van der Waals surface area contributed by atoms with Gasteiger partial charge in [0.05, 0.1) is 5.69 Å². The zero-order chi connectivity index (χ0) is 11.3. The molecule has 15 heavy (non-hydrogen) atoms. The monoisotopic (exact) mass is 228 g/mol. The Labute approximate surface area is 89.7 Å². The minimum atomic E-state index is -0.623. The summed E-state index contributed by atoms with van der Waals surface area (Å²) in [6.45, 7) is 0. The molecule has 0 fully saturated rings. The molecule has 78 valence electrons. The van der Waals surface area contributed by atoms with E-state index in [9.17, 15) is 14.0 Å². The molecule has 0 aliphatic rings. The molecule has 0 bridgehead atoms. The number of nitrogens with one attached hydrogen (secondary N) is 1. The van der Waals surface area contributed by atoms with Gasteiger partial charge in [-0.05, 0) is 18.2 Å². The highest BCUT2D eigenvalue weighted by molar-refractivity contribution is 6.53. The van der Waals surface area contributed by atoms with Gasteiger partial charge in [-0.25, -0.2) is 4.39 Å². The van der Waals surface area contributed by atoms with Crippen LogP contribution in [0.3, 0.4) is 0 Å². The Morgan fingerprint density at radius 1 is 1.40 bits per heavy atom. The van der Waals surface area contributed by atoms with Crippen LogP contribution in [0.15, 0.2) is 23.3 Å². The fraction of sp³-hybridized carbons (Fsp3) is 0. The number of hydrogen-bond acceptors (Lipinski definition) is 4. The van der Waals surface area contributed by atoms with Gasteiger partial charge in [0.2, 0.25) is 0 Å². The molecule has 0 unspecified atom stereocenters. The van der Waals surface area contributed by atoms with Gasteiger partial charge in [-0.15, -0.1) is 0 Å². The molecule has 1 N–H and O–H groups in total. The number of hydrogen-bond donors (Lipinski definition) is 1. The number of hydrazone groups is 1. The molecule has 6 heteroatoms. The molecule has 0 saturated carbocycles. The Morgan fingerprint density at radius 3 is 2.60 bits per heavy atom. The highest BCUT2D eigenvalue weighted by Crippen LogP contribution is 2.18. The van der Waals surface area contributed by atoms with Gasteiger partial charge >= 0.3 is 0 Å². The summed E-state index contributed by atoms with van der Waals surface area (Å²) in [5.41, 5.74) is 1.91. The number of carbonyl (C=O) groups excluding carboxylic acids is 2. The number of carbonyl (C=O) groups is 2. The van der Waals surface area contributed by atoms with E-state index in [0.29, 0.717) is 0 Å². The predicted molar refractivity (Wildman–Crippen MR) is 54.6 cm³/mol. The van der Waals surface area contributed by atoms with Gasteiger partial charge < -0.3 is 0 Å². The van der Waals surface area contributed by atoms with E-state index in [2.05, 4.69) is 10.5 Å². The Morgan fingerprint density at radius 2 is 2.07 bits per heavy atom. The fourth-order valence-corrected chi connectivity index (χ4v) is 0.944. The number of rotatable bonds is 4. The summed E-state index contributed by atoms with van der Waals surface area (Å²) in [6, 6.07) is 3.87. The van der Waals surface area contributed by atoms with Crippen LogP contribution in [0.5, 0.6) is 0 Å². The first-order valence-corrected chi connectivity index (χ1v) is 4.24. The van der Waals surface area contributed by atoms with Crippen LogP contribution in [0.1, 0.15) is 0 Å². The molecule has 1 aromatic rings. The van der Waals surface area contributed by atoms with E-state index in [0.717, 1.165) is 6.07 Å². The standard InChI is InChI=1S/C9H6ClFN2O2/c10-6-1-2-9(8(11)3-6)13-12-7(4-14)5-15/h1-5,13H. The SMILES string of the molecule is O=CC(C=O)=NNc1ccc(Cl)cc1F. The summed E-state index contributed by atoms with van der Waals surface area (Å²) in [5, 5.41) is 3.61. The quantitative estimate of drug-likeness (QED) is 0.369. The van der Waals surface area contributed by atoms with Gasteiger partial charge in [0.1, 0.15) is 5.82 Å². The predicted octanol–water partition coefficient (Wildman–Crippen LogP) is 1.64. The van der Waals surface area contributed by atoms with E-state index in [1.54, 1.807) is 0 Å². The van der Waals surface area contributed by atoms with Crippen LogP contribution in [-0.4, -0.2) is 18.3 Å². The van der Waals surface area contributed by atoms with E-state index in [1.165, 1.54) is 12.1 Å². The number of halogens is 2. The molecule has 1 aromatic carbocycles. The number of aldehydes is 2. The number of anilines is 1. The summed E-state index contributed by atoms with van der Waals surface area (Å²) >= 11 is 5.52. The minimum Gasteiger partial charge on any atom is -0.296 e. The second kappa shape index (κ2) is 5.21. The third-order valence-corrected chi connectivity index (χ3v) is 1.71. The van der Waals surface area contributed by atoms with E-state index in [-0.39, 0.29) is 29.0 Å². The molecular formula is C9H6ClFN2O2. The maximum Gasteiger partial charge on any atom is 0.173 e. The lowest BCUT2D eigenvalue weighted by Crippen LogP contribution is -2.05. The zero-order valence-electron chi connectivity index (χ0n) is 7.41. The van der Waals surface area contributed by atoms with Gasteiger partial charge in [-0.1, -0.05) is 11.6 Å². The van der Waals surface area contributed by atoms with Crippen LogP contribution >= 0.6 is 11.6 Å². The van der Waals surface area contributed by atoms with Crippen molar-refractivity contribution in [2.75, 3.05) is 5.43 Å². The maximum absolute atomic E-state index is 13.1. The van der Waals surface area contributed by atoms with Gasteiger partial charge in [0.15, 0.2) is 18.3 Å². The molecule has 4 nitrogen and oxygen atoms in total. The van der Waals surface area contributed by atoms with Crippen LogP contribution < -0.4 is 5.43 Å². The largest absolute Gasteiger partial charge is 0.296 e. The summed E-state index contributed by atoms with van der Waals surface area (Å²) in [7, 11) is 0. The van der Waals surface area contributed by atoms with Crippen molar-refractivity contribution in [3.8, 4) is 0 Å². The molecule has 0 saturated heterocycles. The molecule has 0 spiro atoms. The average molecular weight is 229 g/mol. The fourth-order valence-electron chi connectivity index (χ4n) is 0.785. The third kappa shape index (κ3) is 3.14. The van der Waals surface area contributed by atoms with Crippen molar-refractivity contribution >= 4 is 35.6 Å². The van der Waals surface area contributed by atoms with E-state index >= 15 is 0 Å². The molecule has 0 atom stereocenters.